The smallest absolute Gasteiger partial charge is 0.336 e. The summed E-state index contributed by atoms with van der Waals surface area (Å²) in [5.74, 6) is -1.37. The highest BCUT2D eigenvalue weighted by Gasteiger charge is 2.24. The van der Waals surface area contributed by atoms with Gasteiger partial charge in [0.2, 0.25) is 0 Å². The number of benzene rings is 2. The molecule has 7 heteroatoms. The lowest BCUT2D eigenvalue weighted by molar-refractivity contribution is -0.115. The number of rotatable bonds is 3. The molecule has 3 rings (SSSR count). The van der Waals surface area contributed by atoms with Crippen LogP contribution in [-0.4, -0.2) is 22.2 Å². The molecule has 1 fully saturated rings. The second-order valence-electron chi connectivity index (χ2n) is 4.83. The fourth-order valence-electron chi connectivity index (χ4n) is 2.09. The van der Waals surface area contributed by atoms with Crippen LogP contribution in [0.4, 0.5) is 5.69 Å². The van der Waals surface area contributed by atoms with Gasteiger partial charge in [0.15, 0.2) is 5.17 Å². The molecule has 0 aliphatic carbocycles. The average molecular weight is 359 g/mol. The van der Waals surface area contributed by atoms with Crippen LogP contribution in [0.1, 0.15) is 15.9 Å². The molecule has 2 aromatic rings. The maximum Gasteiger partial charge on any atom is 0.336 e. The largest absolute Gasteiger partial charge is 0.478 e. The Kier molecular flexibility index (Phi) is 4.69. The predicted molar refractivity (Wildman–Crippen MR) is 95.7 cm³/mol. The fraction of sp³-hybridized carbons (Fsp3) is 0. The highest BCUT2D eigenvalue weighted by molar-refractivity contribution is 8.18. The first kappa shape index (κ1) is 16.3. The number of nitrogens with one attached hydrogen (secondary N) is 1. The fourth-order valence-corrected chi connectivity index (χ4v) is 3.09. The number of hydrogen-bond acceptors (Lipinski definition) is 4. The lowest BCUT2D eigenvalue weighted by Crippen LogP contribution is -2.19. The zero-order valence-electron chi connectivity index (χ0n) is 12.2. The SMILES string of the molecule is O=C1NC(=Nc2ccccc2Cl)SC1=Cc1ccccc1C(=O)O. The highest BCUT2D eigenvalue weighted by atomic mass is 35.5. The Morgan fingerprint density at radius 3 is 2.62 bits per heavy atom. The summed E-state index contributed by atoms with van der Waals surface area (Å²) in [6, 6.07) is 13.5. The van der Waals surface area contributed by atoms with E-state index in [2.05, 4.69) is 10.3 Å². The molecule has 0 unspecified atom stereocenters. The first-order chi connectivity index (χ1) is 11.5. The Hall–Kier alpha value is -2.57. The molecule has 2 N–H and O–H groups in total. The normalized spacial score (nSPS) is 17.3. The van der Waals surface area contributed by atoms with Crippen molar-refractivity contribution in [1.29, 1.82) is 0 Å². The molecule has 1 amide bonds. The summed E-state index contributed by atoms with van der Waals surface area (Å²) in [6.45, 7) is 0. The van der Waals surface area contributed by atoms with Gasteiger partial charge in [0.1, 0.15) is 0 Å². The van der Waals surface area contributed by atoms with E-state index in [1.54, 1.807) is 48.5 Å². The molecule has 0 saturated carbocycles. The number of hydrogen-bond donors (Lipinski definition) is 2. The molecule has 2 aromatic carbocycles. The maximum absolute atomic E-state index is 12.1. The highest BCUT2D eigenvalue weighted by Crippen LogP contribution is 2.31. The van der Waals surface area contributed by atoms with Crippen molar-refractivity contribution in [3.8, 4) is 0 Å². The summed E-state index contributed by atoms with van der Waals surface area (Å²) in [7, 11) is 0. The summed E-state index contributed by atoms with van der Waals surface area (Å²) in [4.78, 5) is 28.0. The van der Waals surface area contributed by atoms with Crippen LogP contribution in [0, 0.1) is 0 Å². The van der Waals surface area contributed by atoms with E-state index in [-0.39, 0.29) is 11.5 Å². The number of carbonyl (C=O) groups excluding carboxylic acids is 1. The van der Waals surface area contributed by atoms with E-state index in [1.807, 2.05) is 0 Å². The van der Waals surface area contributed by atoms with Gasteiger partial charge in [-0.15, -0.1) is 0 Å². The summed E-state index contributed by atoms with van der Waals surface area (Å²) < 4.78 is 0. The van der Waals surface area contributed by atoms with Gasteiger partial charge < -0.3 is 10.4 Å². The van der Waals surface area contributed by atoms with Crippen LogP contribution in [0.2, 0.25) is 5.02 Å². The Balaban J connectivity index is 1.91. The topological polar surface area (TPSA) is 78.8 Å². The number of carboxylic acid groups (broad SMARTS) is 1. The zero-order chi connectivity index (χ0) is 17.1. The molecule has 5 nitrogen and oxygen atoms in total. The summed E-state index contributed by atoms with van der Waals surface area (Å²) >= 11 is 7.19. The molecule has 24 heavy (non-hydrogen) atoms. The Morgan fingerprint density at radius 1 is 1.17 bits per heavy atom. The molecule has 1 heterocycles. The summed E-state index contributed by atoms with van der Waals surface area (Å²) in [5.41, 5.74) is 1.14. The van der Waals surface area contributed by atoms with E-state index in [0.717, 1.165) is 11.8 Å². The first-order valence-corrected chi connectivity index (χ1v) is 8.10. The van der Waals surface area contributed by atoms with Crippen LogP contribution in [0.3, 0.4) is 0 Å². The molecule has 0 bridgehead atoms. The minimum atomic E-state index is -1.05. The average Bonchev–Trinajstić information content (AvgIpc) is 2.89. The number of aromatic carboxylic acids is 1. The molecule has 1 saturated heterocycles. The van der Waals surface area contributed by atoms with Crippen LogP contribution in [-0.2, 0) is 4.79 Å². The molecule has 0 spiro atoms. The summed E-state index contributed by atoms with van der Waals surface area (Å²) in [5, 5.41) is 12.7. The van der Waals surface area contributed by atoms with E-state index in [4.69, 9.17) is 11.6 Å². The number of amidine groups is 1. The quantitative estimate of drug-likeness (QED) is 0.815. The lowest BCUT2D eigenvalue weighted by atomic mass is 10.1. The second-order valence-corrected chi connectivity index (χ2v) is 6.26. The van der Waals surface area contributed by atoms with E-state index in [0.29, 0.717) is 26.3 Å². The number of carbonyl (C=O) groups is 2. The molecular formula is C17H11ClN2O3S. The van der Waals surface area contributed by atoms with Crippen molar-refractivity contribution in [2.75, 3.05) is 0 Å². The van der Waals surface area contributed by atoms with Crippen molar-refractivity contribution in [2.45, 2.75) is 0 Å². The molecule has 0 radical (unpaired) electrons. The van der Waals surface area contributed by atoms with Gasteiger partial charge in [-0.1, -0.05) is 41.9 Å². The van der Waals surface area contributed by atoms with Gasteiger partial charge in [0.05, 0.1) is 21.2 Å². The predicted octanol–water partition coefficient (Wildman–Crippen LogP) is 3.93. The molecular weight excluding hydrogens is 348 g/mol. The van der Waals surface area contributed by atoms with Gasteiger partial charge in [-0.05, 0) is 41.6 Å². The first-order valence-electron chi connectivity index (χ1n) is 6.91. The zero-order valence-corrected chi connectivity index (χ0v) is 13.8. The Morgan fingerprint density at radius 2 is 1.88 bits per heavy atom. The number of amides is 1. The summed E-state index contributed by atoms with van der Waals surface area (Å²) in [6.07, 6.45) is 1.54. The van der Waals surface area contributed by atoms with E-state index >= 15 is 0 Å². The monoisotopic (exact) mass is 358 g/mol. The van der Waals surface area contributed by atoms with Crippen molar-refractivity contribution in [1.82, 2.24) is 5.32 Å². The number of carboxylic acids is 1. The number of thioether (sulfide) groups is 1. The third kappa shape index (κ3) is 3.50. The van der Waals surface area contributed by atoms with Crippen molar-refractivity contribution < 1.29 is 14.7 Å². The van der Waals surface area contributed by atoms with Crippen LogP contribution in [0.5, 0.6) is 0 Å². The van der Waals surface area contributed by atoms with Crippen molar-refractivity contribution in [3.05, 3.63) is 69.6 Å². The maximum atomic E-state index is 12.1. The minimum absolute atomic E-state index is 0.134. The molecule has 1 aliphatic rings. The van der Waals surface area contributed by atoms with Crippen LogP contribution in [0.25, 0.3) is 6.08 Å². The van der Waals surface area contributed by atoms with Gasteiger partial charge in [-0.3, -0.25) is 4.79 Å². The van der Waals surface area contributed by atoms with Crippen molar-refractivity contribution in [3.63, 3.8) is 0 Å². The number of nitrogens with zero attached hydrogens (tertiary/aromatic N) is 1. The molecule has 120 valence electrons. The third-order valence-corrected chi connectivity index (χ3v) is 4.43. The molecule has 1 aliphatic heterocycles. The van der Waals surface area contributed by atoms with E-state index in [1.165, 1.54) is 6.07 Å². The third-order valence-electron chi connectivity index (χ3n) is 3.20. The second kappa shape index (κ2) is 6.90. The van der Waals surface area contributed by atoms with Crippen LogP contribution in [0.15, 0.2) is 58.4 Å². The minimum Gasteiger partial charge on any atom is -0.478 e. The lowest BCUT2D eigenvalue weighted by Gasteiger charge is -2.00. The number of halogens is 1. The van der Waals surface area contributed by atoms with Gasteiger partial charge in [0, 0.05) is 0 Å². The van der Waals surface area contributed by atoms with Gasteiger partial charge in [-0.25, -0.2) is 9.79 Å². The number of para-hydroxylation sites is 1. The van der Waals surface area contributed by atoms with Gasteiger partial charge in [0.25, 0.3) is 5.91 Å². The van der Waals surface area contributed by atoms with Crippen molar-refractivity contribution >= 4 is 52.2 Å². The van der Waals surface area contributed by atoms with Gasteiger partial charge in [-0.2, -0.15) is 0 Å². The molecule has 0 aromatic heterocycles. The molecule has 0 atom stereocenters. The van der Waals surface area contributed by atoms with Crippen LogP contribution >= 0.6 is 23.4 Å². The van der Waals surface area contributed by atoms with Gasteiger partial charge >= 0.3 is 5.97 Å². The number of aliphatic imine (C=N–C) groups is 1. The Bertz CT molecular complexity index is 893. The Labute approximate surface area is 147 Å². The van der Waals surface area contributed by atoms with Crippen LogP contribution < -0.4 is 5.32 Å². The van der Waals surface area contributed by atoms with E-state index < -0.39 is 5.97 Å². The van der Waals surface area contributed by atoms with E-state index in [9.17, 15) is 14.7 Å². The van der Waals surface area contributed by atoms with Crippen molar-refractivity contribution in [2.24, 2.45) is 4.99 Å². The standard InChI is InChI=1S/C17H11ClN2O3S/c18-12-7-3-4-8-13(12)19-17-20-15(21)14(24-17)9-10-5-1-2-6-11(10)16(22)23/h1-9H,(H,22,23)(H,19,20,21).